The topological polar surface area (TPSA) is 27.3 Å². The molecule has 2 aliphatic heterocycles. The van der Waals surface area contributed by atoms with Gasteiger partial charge in [0.05, 0.1) is 11.4 Å². The van der Waals surface area contributed by atoms with Crippen LogP contribution in [0, 0.1) is 11.8 Å². The van der Waals surface area contributed by atoms with Crippen molar-refractivity contribution in [2.24, 2.45) is 11.8 Å². The minimum atomic E-state index is 0.0785. The van der Waals surface area contributed by atoms with E-state index in [-0.39, 0.29) is 5.66 Å². The van der Waals surface area contributed by atoms with Crippen molar-refractivity contribution in [1.82, 2.24) is 4.90 Å². The van der Waals surface area contributed by atoms with E-state index in [1.54, 1.807) is 0 Å². The van der Waals surface area contributed by atoms with E-state index in [0.717, 1.165) is 6.54 Å². The number of benzene rings is 2. The zero-order valence-corrected chi connectivity index (χ0v) is 14.0. The van der Waals surface area contributed by atoms with Crippen LogP contribution in [0.15, 0.2) is 54.6 Å². The van der Waals surface area contributed by atoms with Crippen LogP contribution >= 0.6 is 0 Å². The average molecular weight is 319 g/mol. The van der Waals surface area contributed by atoms with Gasteiger partial charge in [-0.1, -0.05) is 48.9 Å². The molecule has 24 heavy (non-hydrogen) atoms. The van der Waals surface area contributed by atoms with Crippen LogP contribution in [0.5, 0.6) is 0 Å². The number of anilines is 2. The van der Waals surface area contributed by atoms with Crippen LogP contribution < -0.4 is 10.6 Å². The van der Waals surface area contributed by atoms with Gasteiger partial charge in [0.15, 0.2) is 0 Å². The molecule has 1 spiro atoms. The molecule has 2 fully saturated rings. The Morgan fingerprint density at radius 3 is 2.04 bits per heavy atom. The normalized spacial score (nSPS) is 27.3. The highest BCUT2D eigenvalue weighted by molar-refractivity contribution is 5.76. The monoisotopic (exact) mass is 319 g/mol. The molecule has 5 rings (SSSR count). The lowest BCUT2D eigenvalue weighted by atomic mass is 9.68. The fourth-order valence-electron chi connectivity index (χ4n) is 5.12. The van der Waals surface area contributed by atoms with E-state index in [9.17, 15) is 0 Å². The Labute approximate surface area is 144 Å². The summed E-state index contributed by atoms with van der Waals surface area (Å²) in [5.74, 6) is 1.34. The predicted octanol–water partition coefficient (Wildman–Crippen LogP) is 4.15. The van der Waals surface area contributed by atoms with E-state index in [2.05, 4.69) is 70.1 Å². The average Bonchev–Trinajstić information content (AvgIpc) is 2.96. The Morgan fingerprint density at radius 2 is 1.42 bits per heavy atom. The third-order valence-electron chi connectivity index (χ3n) is 6.21. The van der Waals surface area contributed by atoms with Crippen molar-refractivity contribution in [3.8, 4) is 0 Å². The van der Waals surface area contributed by atoms with E-state index >= 15 is 0 Å². The van der Waals surface area contributed by atoms with Gasteiger partial charge in [0.25, 0.3) is 0 Å². The van der Waals surface area contributed by atoms with Gasteiger partial charge in [-0.25, -0.2) is 0 Å². The standard InChI is InChI=1S/C21H25N3/c1-2-7-16(8-3-1)13-24-14-17-9-6-10-18(15-24)21(17)22-19-11-4-5-12-20(19)23-21/h1-5,7-8,11-12,17-18,22-23H,6,9-10,13-15H2. The van der Waals surface area contributed by atoms with Crippen LogP contribution in [-0.4, -0.2) is 23.7 Å². The number of fused-ring (bicyclic) bond motifs is 1. The number of likely N-dealkylation sites (tertiary alicyclic amines) is 1. The van der Waals surface area contributed by atoms with Crippen LogP contribution in [0.25, 0.3) is 0 Å². The van der Waals surface area contributed by atoms with Crippen molar-refractivity contribution >= 4 is 11.4 Å². The number of hydrogen-bond donors (Lipinski definition) is 2. The first kappa shape index (κ1) is 14.4. The number of hydrogen-bond acceptors (Lipinski definition) is 3. The summed E-state index contributed by atoms with van der Waals surface area (Å²) >= 11 is 0. The van der Waals surface area contributed by atoms with Gasteiger partial charge in [0, 0.05) is 31.5 Å². The summed E-state index contributed by atoms with van der Waals surface area (Å²) in [7, 11) is 0. The number of nitrogens with one attached hydrogen (secondary N) is 2. The van der Waals surface area contributed by atoms with Gasteiger partial charge in [-0.05, 0) is 30.5 Å². The third-order valence-corrected chi connectivity index (χ3v) is 6.21. The molecule has 0 radical (unpaired) electrons. The summed E-state index contributed by atoms with van der Waals surface area (Å²) in [4.78, 5) is 2.67. The van der Waals surface area contributed by atoms with Gasteiger partial charge in [-0.2, -0.15) is 0 Å². The Hall–Kier alpha value is -2.00. The molecular weight excluding hydrogens is 294 g/mol. The highest BCUT2D eigenvalue weighted by atomic mass is 15.3. The second kappa shape index (κ2) is 5.52. The van der Waals surface area contributed by atoms with Crippen molar-refractivity contribution in [3.05, 3.63) is 60.2 Å². The van der Waals surface area contributed by atoms with Crippen molar-refractivity contribution in [3.63, 3.8) is 0 Å². The van der Waals surface area contributed by atoms with Crippen molar-refractivity contribution in [2.45, 2.75) is 31.5 Å². The zero-order chi connectivity index (χ0) is 16.0. The molecular formula is C21H25N3. The van der Waals surface area contributed by atoms with Crippen LogP contribution in [-0.2, 0) is 6.54 Å². The molecule has 2 bridgehead atoms. The SMILES string of the molecule is c1ccc(CN2CC3CCCC(C2)C32Nc3ccccc3N2)cc1. The van der Waals surface area contributed by atoms with E-state index in [1.807, 2.05) is 0 Å². The summed E-state index contributed by atoms with van der Waals surface area (Å²) in [6.07, 6.45) is 4.00. The van der Waals surface area contributed by atoms with Crippen molar-refractivity contribution in [2.75, 3.05) is 23.7 Å². The molecule has 3 nitrogen and oxygen atoms in total. The Balaban J connectivity index is 1.39. The first-order valence-corrected chi connectivity index (χ1v) is 9.25. The van der Waals surface area contributed by atoms with Gasteiger partial charge in [0.1, 0.15) is 5.66 Å². The van der Waals surface area contributed by atoms with Gasteiger partial charge in [-0.3, -0.25) is 4.90 Å². The highest BCUT2D eigenvalue weighted by Gasteiger charge is 2.54. The molecule has 2 unspecified atom stereocenters. The third kappa shape index (κ3) is 2.22. The fourth-order valence-corrected chi connectivity index (χ4v) is 5.12. The molecule has 2 aromatic carbocycles. The largest absolute Gasteiger partial charge is 0.361 e. The van der Waals surface area contributed by atoms with Crippen LogP contribution in [0.1, 0.15) is 24.8 Å². The van der Waals surface area contributed by atoms with Crippen molar-refractivity contribution in [1.29, 1.82) is 0 Å². The van der Waals surface area contributed by atoms with E-state index in [4.69, 9.17) is 0 Å². The lowest BCUT2D eigenvalue weighted by Crippen LogP contribution is -2.65. The number of rotatable bonds is 2. The minimum Gasteiger partial charge on any atom is -0.361 e. The van der Waals surface area contributed by atoms with Gasteiger partial charge < -0.3 is 10.6 Å². The second-order valence-electron chi connectivity index (χ2n) is 7.67. The lowest BCUT2D eigenvalue weighted by Gasteiger charge is -2.54. The fraction of sp³-hybridized carbons (Fsp3) is 0.429. The number of nitrogens with zero attached hydrogens (tertiary/aromatic N) is 1. The summed E-state index contributed by atoms with van der Waals surface area (Å²) < 4.78 is 0. The molecule has 3 aliphatic rings. The van der Waals surface area contributed by atoms with Gasteiger partial charge >= 0.3 is 0 Å². The Bertz CT molecular complexity index is 686. The summed E-state index contributed by atoms with van der Waals surface area (Å²) in [5, 5.41) is 7.80. The first-order valence-electron chi connectivity index (χ1n) is 9.25. The molecule has 2 atom stereocenters. The molecule has 1 saturated carbocycles. The first-order chi connectivity index (χ1) is 11.8. The molecule has 2 N–H and O–H groups in total. The van der Waals surface area contributed by atoms with Gasteiger partial charge in [-0.15, -0.1) is 0 Å². The Morgan fingerprint density at radius 1 is 0.833 bits per heavy atom. The molecule has 2 aromatic rings. The highest BCUT2D eigenvalue weighted by Crippen LogP contribution is 2.50. The molecule has 1 aliphatic carbocycles. The maximum absolute atomic E-state index is 3.90. The molecule has 3 heteroatoms. The Kier molecular flexibility index (Phi) is 3.30. The lowest BCUT2D eigenvalue weighted by molar-refractivity contribution is 0.0250. The van der Waals surface area contributed by atoms with E-state index in [0.29, 0.717) is 11.8 Å². The van der Waals surface area contributed by atoms with E-state index in [1.165, 1.54) is 49.3 Å². The maximum Gasteiger partial charge on any atom is 0.116 e. The molecule has 0 aromatic heterocycles. The molecule has 124 valence electrons. The maximum atomic E-state index is 3.90. The van der Waals surface area contributed by atoms with Crippen LogP contribution in [0.4, 0.5) is 11.4 Å². The predicted molar refractivity (Wildman–Crippen MR) is 99.0 cm³/mol. The summed E-state index contributed by atoms with van der Waals surface area (Å²) in [6, 6.07) is 19.6. The molecule has 2 heterocycles. The number of piperidine rings is 1. The second-order valence-corrected chi connectivity index (χ2v) is 7.67. The van der Waals surface area contributed by atoms with Gasteiger partial charge in [0.2, 0.25) is 0 Å². The zero-order valence-electron chi connectivity index (χ0n) is 14.0. The van der Waals surface area contributed by atoms with Crippen LogP contribution in [0.2, 0.25) is 0 Å². The molecule has 0 amide bonds. The summed E-state index contributed by atoms with van der Waals surface area (Å²) in [5.41, 5.74) is 4.08. The summed E-state index contributed by atoms with van der Waals surface area (Å²) in [6.45, 7) is 3.44. The van der Waals surface area contributed by atoms with Crippen molar-refractivity contribution < 1.29 is 0 Å². The minimum absolute atomic E-state index is 0.0785. The number of para-hydroxylation sites is 2. The van der Waals surface area contributed by atoms with Crippen LogP contribution in [0.3, 0.4) is 0 Å². The van der Waals surface area contributed by atoms with E-state index < -0.39 is 0 Å². The molecule has 1 saturated heterocycles. The smallest absolute Gasteiger partial charge is 0.116 e. The quantitative estimate of drug-likeness (QED) is 0.870.